The van der Waals surface area contributed by atoms with Crippen LogP contribution in [0.5, 0.6) is 0 Å². The molecule has 0 saturated heterocycles. The second-order valence-corrected chi connectivity index (χ2v) is 3.76. The van der Waals surface area contributed by atoms with Gasteiger partial charge in [-0.25, -0.2) is 4.79 Å². The third-order valence-corrected chi connectivity index (χ3v) is 2.20. The molecule has 5 heteroatoms. The second kappa shape index (κ2) is 5.02. The van der Waals surface area contributed by atoms with E-state index in [1.807, 2.05) is 6.07 Å². The molecule has 2 N–H and O–H groups in total. The monoisotopic (exact) mass is 275 g/mol. The molecule has 1 aromatic carbocycles. The summed E-state index contributed by atoms with van der Waals surface area (Å²) in [7, 11) is 0. The Hall–Kier alpha value is -1.000. The summed E-state index contributed by atoms with van der Waals surface area (Å²) >= 11 is 9.13. The highest BCUT2D eigenvalue weighted by molar-refractivity contribution is 9.10. The summed E-state index contributed by atoms with van der Waals surface area (Å²) < 4.78 is 0.871. The first kappa shape index (κ1) is 11.1. The van der Waals surface area contributed by atoms with E-state index in [1.165, 1.54) is 6.20 Å². The zero-order valence-electron chi connectivity index (χ0n) is 7.00. The Balaban J connectivity index is 2.73. The lowest BCUT2D eigenvalue weighted by Crippen LogP contribution is -1.92. The lowest BCUT2D eigenvalue weighted by atomic mass is 10.3. The minimum absolute atomic E-state index is 0.523. The number of carboxylic acids is 1. The molecule has 0 atom stereocenters. The van der Waals surface area contributed by atoms with Crippen LogP contribution in [0.4, 0.5) is 5.69 Å². The maximum atomic E-state index is 10.2. The van der Waals surface area contributed by atoms with E-state index in [0.717, 1.165) is 10.5 Å². The molecule has 1 aromatic rings. The largest absolute Gasteiger partial charge is 0.478 e. The summed E-state index contributed by atoms with van der Waals surface area (Å²) in [6.07, 6.45) is 2.32. The first-order valence-electron chi connectivity index (χ1n) is 3.70. The predicted octanol–water partition coefficient (Wildman–Crippen LogP) is 3.11. The van der Waals surface area contributed by atoms with Crippen molar-refractivity contribution in [1.82, 2.24) is 0 Å². The molecule has 0 amide bonds. The van der Waals surface area contributed by atoms with Gasteiger partial charge >= 0.3 is 5.97 Å². The molecule has 0 fully saturated rings. The molecule has 0 aliphatic rings. The average Bonchev–Trinajstić information content (AvgIpc) is 2.08. The molecular formula is C9H7BrClNO2. The molecule has 0 aromatic heterocycles. The van der Waals surface area contributed by atoms with Gasteiger partial charge in [0, 0.05) is 16.7 Å². The van der Waals surface area contributed by atoms with Crippen LogP contribution in [-0.2, 0) is 4.79 Å². The van der Waals surface area contributed by atoms with Gasteiger partial charge in [-0.15, -0.1) is 0 Å². The van der Waals surface area contributed by atoms with Gasteiger partial charge in [0.1, 0.15) is 0 Å². The first-order chi connectivity index (χ1) is 6.59. The minimum atomic E-state index is -1.01. The normalized spacial score (nSPS) is 10.4. The number of nitrogens with one attached hydrogen (secondary N) is 1. The van der Waals surface area contributed by atoms with Gasteiger partial charge in [-0.1, -0.05) is 27.5 Å². The Bertz CT molecular complexity index is 379. The summed E-state index contributed by atoms with van der Waals surface area (Å²) in [5, 5.41) is 11.6. The van der Waals surface area contributed by atoms with E-state index in [1.54, 1.807) is 12.1 Å². The molecule has 0 saturated carbocycles. The fraction of sp³-hybridized carbons (Fsp3) is 0. The van der Waals surface area contributed by atoms with Crippen LogP contribution in [0.3, 0.4) is 0 Å². The van der Waals surface area contributed by atoms with Crippen molar-refractivity contribution < 1.29 is 9.90 Å². The Kier molecular flexibility index (Phi) is 3.98. The Morgan fingerprint density at radius 2 is 2.29 bits per heavy atom. The molecule has 0 spiro atoms. The maximum absolute atomic E-state index is 10.2. The van der Waals surface area contributed by atoms with Gasteiger partial charge in [-0.05, 0) is 18.2 Å². The second-order valence-electron chi connectivity index (χ2n) is 2.44. The van der Waals surface area contributed by atoms with E-state index >= 15 is 0 Å². The number of anilines is 1. The van der Waals surface area contributed by atoms with Gasteiger partial charge in [0.2, 0.25) is 0 Å². The van der Waals surface area contributed by atoms with Crippen molar-refractivity contribution in [3.05, 3.63) is 40.0 Å². The van der Waals surface area contributed by atoms with Gasteiger partial charge in [0.15, 0.2) is 0 Å². The van der Waals surface area contributed by atoms with Crippen molar-refractivity contribution in [2.24, 2.45) is 0 Å². The van der Waals surface area contributed by atoms with Crippen LogP contribution in [0.15, 0.2) is 34.9 Å². The topological polar surface area (TPSA) is 49.3 Å². The van der Waals surface area contributed by atoms with E-state index in [2.05, 4.69) is 21.2 Å². The lowest BCUT2D eigenvalue weighted by molar-refractivity contribution is -0.131. The molecule has 0 bridgehead atoms. The molecule has 0 aliphatic carbocycles. The lowest BCUT2D eigenvalue weighted by Gasteiger charge is -2.03. The summed E-state index contributed by atoms with van der Waals surface area (Å²) in [6, 6.07) is 5.28. The van der Waals surface area contributed by atoms with Crippen LogP contribution < -0.4 is 5.32 Å². The van der Waals surface area contributed by atoms with Crippen LogP contribution in [0, 0.1) is 0 Å². The fourth-order valence-electron chi connectivity index (χ4n) is 0.809. The van der Waals surface area contributed by atoms with Crippen LogP contribution in [0.25, 0.3) is 0 Å². The number of rotatable bonds is 3. The number of carboxylic acid groups (broad SMARTS) is 1. The maximum Gasteiger partial charge on any atom is 0.329 e. The Morgan fingerprint density at radius 3 is 2.86 bits per heavy atom. The SMILES string of the molecule is O=C(O)/C=C/Nc1ccc(Br)cc1Cl. The number of benzene rings is 1. The van der Waals surface area contributed by atoms with Gasteiger partial charge < -0.3 is 10.4 Å². The van der Waals surface area contributed by atoms with Crippen molar-refractivity contribution in [3.63, 3.8) is 0 Å². The van der Waals surface area contributed by atoms with Crippen LogP contribution in [0.1, 0.15) is 0 Å². The highest BCUT2D eigenvalue weighted by Crippen LogP contribution is 2.25. The first-order valence-corrected chi connectivity index (χ1v) is 4.88. The molecule has 3 nitrogen and oxygen atoms in total. The van der Waals surface area contributed by atoms with Crippen molar-refractivity contribution >= 4 is 39.2 Å². The van der Waals surface area contributed by atoms with Crippen molar-refractivity contribution in [1.29, 1.82) is 0 Å². The number of aliphatic carboxylic acids is 1. The fourth-order valence-corrected chi connectivity index (χ4v) is 1.54. The van der Waals surface area contributed by atoms with E-state index in [9.17, 15) is 4.79 Å². The summed E-state index contributed by atoms with van der Waals surface area (Å²) in [5.41, 5.74) is 0.660. The standard InChI is InChI=1S/C9H7BrClNO2/c10-6-1-2-8(7(11)5-6)12-4-3-9(13)14/h1-5,12H,(H,13,14)/b4-3+. The van der Waals surface area contributed by atoms with Crippen LogP contribution in [0.2, 0.25) is 5.02 Å². The molecule has 0 heterocycles. The van der Waals surface area contributed by atoms with E-state index in [-0.39, 0.29) is 0 Å². The highest BCUT2D eigenvalue weighted by Gasteiger charge is 1.98. The molecular weight excluding hydrogens is 269 g/mol. The Morgan fingerprint density at radius 1 is 1.57 bits per heavy atom. The van der Waals surface area contributed by atoms with Crippen molar-refractivity contribution in [3.8, 4) is 0 Å². The molecule has 74 valence electrons. The number of hydrogen-bond acceptors (Lipinski definition) is 2. The van der Waals surface area contributed by atoms with Crippen LogP contribution >= 0.6 is 27.5 Å². The summed E-state index contributed by atoms with van der Waals surface area (Å²) in [4.78, 5) is 10.2. The smallest absolute Gasteiger partial charge is 0.329 e. The highest BCUT2D eigenvalue weighted by atomic mass is 79.9. The third-order valence-electron chi connectivity index (χ3n) is 1.40. The number of hydrogen-bond donors (Lipinski definition) is 2. The number of halogens is 2. The zero-order chi connectivity index (χ0) is 10.6. The quantitative estimate of drug-likeness (QED) is 0.834. The van der Waals surface area contributed by atoms with Crippen molar-refractivity contribution in [2.45, 2.75) is 0 Å². The molecule has 0 aliphatic heterocycles. The van der Waals surface area contributed by atoms with Gasteiger partial charge in [0.25, 0.3) is 0 Å². The van der Waals surface area contributed by atoms with E-state index in [0.29, 0.717) is 10.7 Å². The molecule has 14 heavy (non-hydrogen) atoms. The third kappa shape index (κ3) is 3.40. The molecule has 0 unspecified atom stereocenters. The Labute approximate surface area is 94.5 Å². The molecule has 0 radical (unpaired) electrons. The molecule has 1 rings (SSSR count). The minimum Gasteiger partial charge on any atom is -0.478 e. The van der Waals surface area contributed by atoms with Crippen LogP contribution in [-0.4, -0.2) is 11.1 Å². The van der Waals surface area contributed by atoms with Gasteiger partial charge in [-0.2, -0.15) is 0 Å². The average molecular weight is 277 g/mol. The summed E-state index contributed by atoms with van der Waals surface area (Å²) in [5.74, 6) is -1.01. The zero-order valence-corrected chi connectivity index (χ0v) is 9.34. The number of carbonyl (C=O) groups is 1. The van der Waals surface area contributed by atoms with E-state index in [4.69, 9.17) is 16.7 Å². The predicted molar refractivity (Wildman–Crippen MR) is 59.6 cm³/mol. The van der Waals surface area contributed by atoms with E-state index < -0.39 is 5.97 Å². The summed E-state index contributed by atoms with van der Waals surface area (Å²) in [6.45, 7) is 0. The van der Waals surface area contributed by atoms with Crippen molar-refractivity contribution in [2.75, 3.05) is 5.32 Å². The van der Waals surface area contributed by atoms with Gasteiger partial charge in [-0.3, -0.25) is 0 Å². The van der Waals surface area contributed by atoms with Gasteiger partial charge in [0.05, 0.1) is 10.7 Å².